The summed E-state index contributed by atoms with van der Waals surface area (Å²) in [6.07, 6.45) is 3.22. The maximum atomic E-state index is 14.4. The second-order valence-corrected chi connectivity index (χ2v) is 13.6. The Labute approximate surface area is 290 Å². The van der Waals surface area contributed by atoms with Crippen molar-refractivity contribution in [1.82, 2.24) is 24.8 Å². The van der Waals surface area contributed by atoms with Gasteiger partial charge in [-0.3, -0.25) is 19.2 Å². The number of nitrogens with two attached hydrogens (primary N) is 1. The van der Waals surface area contributed by atoms with Crippen LogP contribution >= 0.6 is 0 Å². The Balaban J connectivity index is 1.37. The largest absolute Gasteiger partial charge is 0.380 e. The minimum Gasteiger partial charge on any atom is -0.371 e. The second kappa shape index (κ2) is 14.3. The molecule has 3 N–H and O–H groups in total. The summed E-state index contributed by atoms with van der Waals surface area (Å²) >= 11 is 0. The first-order valence-corrected chi connectivity index (χ1v) is 17.6. The van der Waals surface area contributed by atoms with E-state index >= 15 is 0 Å². The van der Waals surface area contributed by atoms with Crippen LogP contribution in [0.3, 0.4) is 0 Å². The number of H-pyrrole nitrogens is 1. The van der Waals surface area contributed by atoms with Gasteiger partial charge in [0.05, 0.1) is 18.6 Å². The van der Waals surface area contributed by atoms with Gasteiger partial charge >= 0.3 is 10.3 Å². The van der Waals surface area contributed by atoms with Crippen LogP contribution in [0.2, 0.25) is 0 Å². The smallest absolute Gasteiger partial charge is 0.371 e. The number of piperazine rings is 1. The summed E-state index contributed by atoms with van der Waals surface area (Å²) in [5.41, 5.74) is 3.66. The number of para-hydroxylation sites is 1. The molecule has 13 nitrogen and oxygen atoms in total. The van der Waals surface area contributed by atoms with Gasteiger partial charge in [-0.25, -0.2) is 10.0 Å². The third-order valence-corrected chi connectivity index (χ3v) is 9.43. The molecule has 1 unspecified atom stereocenters. The molecular formula is C36H38N6O7S. The molecule has 2 saturated heterocycles. The van der Waals surface area contributed by atoms with E-state index in [0.717, 1.165) is 22.0 Å². The molecule has 1 aromatic heterocycles. The first-order valence-electron chi connectivity index (χ1n) is 16.2. The van der Waals surface area contributed by atoms with Crippen molar-refractivity contribution in [3.63, 3.8) is 0 Å². The van der Waals surface area contributed by atoms with Crippen LogP contribution in [0.25, 0.3) is 10.9 Å². The standard InChI is InChI=1S/C36H38N6O7S/c1-3-18-40-23-34(45)41-31(19-26-12-15-28(16-13-26)49-50(37,47)48)36(46)39(21-27-10-7-11-29-30(24(2)43)20-38-35(27)29)22-32(41)42(40)33(44)17-14-25-8-5-4-6-9-25/h3-13,15-16,20,31-32,38H,1,14,17-19,21-23H2,2H3,(H2,37,47,48)/t31?,32-/m0/s1. The van der Waals surface area contributed by atoms with Crippen LogP contribution in [0.4, 0.5) is 0 Å². The maximum Gasteiger partial charge on any atom is 0.380 e. The summed E-state index contributed by atoms with van der Waals surface area (Å²) in [5.74, 6) is -0.920. The number of nitrogens with one attached hydrogen (secondary N) is 1. The number of carbonyl (C=O) groups excluding carboxylic acids is 4. The topological polar surface area (TPSA) is 166 Å². The SMILES string of the molecule is C=CCN1CC(=O)N2C(Cc3ccc(OS(N)(=O)=O)cc3)C(=O)N(Cc3cccc4c(C(C)=O)c[nH]c34)C[C@@H]2N1C(=O)CCc1ccccc1. The molecule has 2 fully saturated rings. The van der Waals surface area contributed by atoms with Crippen molar-refractivity contribution < 1.29 is 31.8 Å². The van der Waals surface area contributed by atoms with Crippen LogP contribution in [0, 0.1) is 0 Å². The Morgan fingerprint density at radius 2 is 1.76 bits per heavy atom. The van der Waals surface area contributed by atoms with E-state index in [0.29, 0.717) is 17.5 Å². The van der Waals surface area contributed by atoms with Crippen LogP contribution in [0.1, 0.15) is 40.4 Å². The van der Waals surface area contributed by atoms with Crippen molar-refractivity contribution in [2.24, 2.45) is 5.14 Å². The monoisotopic (exact) mass is 698 g/mol. The molecule has 4 aromatic rings. The lowest BCUT2D eigenvalue weighted by molar-refractivity contribution is -0.205. The predicted octanol–water partition coefficient (Wildman–Crippen LogP) is 2.94. The molecule has 0 bridgehead atoms. The van der Waals surface area contributed by atoms with Gasteiger partial charge in [-0.2, -0.15) is 13.6 Å². The zero-order valence-corrected chi connectivity index (χ0v) is 28.3. The van der Waals surface area contributed by atoms with Gasteiger partial charge in [0.1, 0.15) is 18.0 Å². The molecule has 0 spiro atoms. The number of Topliss-reactive ketones (excluding diaryl/α,β-unsaturated/α-hetero) is 1. The average molecular weight is 699 g/mol. The average Bonchev–Trinajstić information content (AvgIpc) is 3.52. The fourth-order valence-corrected chi connectivity index (χ4v) is 7.18. The summed E-state index contributed by atoms with van der Waals surface area (Å²) in [5, 5.41) is 9.03. The normalized spacial score (nSPS) is 18.3. The van der Waals surface area contributed by atoms with Gasteiger partial charge < -0.3 is 19.0 Å². The van der Waals surface area contributed by atoms with Crippen molar-refractivity contribution in [1.29, 1.82) is 0 Å². The second-order valence-electron chi connectivity index (χ2n) is 12.4. The van der Waals surface area contributed by atoms with E-state index in [2.05, 4.69) is 11.6 Å². The number of hydrazine groups is 1. The van der Waals surface area contributed by atoms with Gasteiger partial charge in [-0.05, 0) is 42.2 Å². The molecule has 14 heteroatoms. The summed E-state index contributed by atoms with van der Waals surface area (Å²) in [4.78, 5) is 61.1. The Morgan fingerprint density at radius 3 is 2.44 bits per heavy atom. The number of rotatable bonds is 12. The Morgan fingerprint density at radius 1 is 1.02 bits per heavy atom. The van der Waals surface area contributed by atoms with E-state index in [1.165, 1.54) is 24.0 Å². The van der Waals surface area contributed by atoms with Crippen LogP contribution in [0.15, 0.2) is 91.6 Å². The number of hydrogen-bond donors (Lipinski definition) is 2. The molecule has 2 aliphatic rings. The van der Waals surface area contributed by atoms with E-state index in [4.69, 9.17) is 9.32 Å². The molecule has 0 saturated carbocycles. The van der Waals surface area contributed by atoms with E-state index in [1.54, 1.807) is 39.3 Å². The van der Waals surface area contributed by atoms with Crippen molar-refractivity contribution >= 4 is 44.7 Å². The van der Waals surface area contributed by atoms with Gasteiger partial charge in [-0.1, -0.05) is 66.7 Å². The Hall–Kier alpha value is -5.31. The lowest BCUT2D eigenvalue weighted by Gasteiger charge is -2.55. The van der Waals surface area contributed by atoms with E-state index < -0.39 is 22.5 Å². The minimum absolute atomic E-state index is 0.000926. The Bertz CT molecular complexity index is 2050. The first-order chi connectivity index (χ1) is 23.9. The lowest BCUT2D eigenvalue weighted by atomic mass is 9.97. The number of hydrogen-bond acceptors (Lipinski definition) is 8. The number of aryl methyl sites for hydroxylation is 1. The molecule has 3 amide bonds. The van der Waals surface area contributed by atoms with Gasteiger partial charge in [0.15, 0.2) is 5.78 Å². The number of ketones is 1. The number of aromatic amines is 1. The third-order valence-electron chi connectivity index (χ3n) is 9.00. The lowest BCUT2D eigenvalue weighted by Crippen LogP contribution is -2.75. The summed E-state index contributed by atoms with van der Waals surface area (Å²) < 4.78 is 27.6. The highest BCUT2D eigenvalue weighted by Crippen LogP contribution is 2.31. The number of nitrogens with zero attached hydrogens (tertiary/aromatic N) is 4. The molecule has 0 aliphatic carbocycles. The molecule has 2 atom stereocenters. The highest BCUT2D eigenvalue weighted by Gasteiger charge is 2.51. The van der Waals surface area contributed by atoms with Crippen LogP contribution < -0.4 is 9.32 Å². The molecule has 0 radical (unpaired) electrons. The number of carbonyl (C=O) groups is 4. The zero-order chi connectivity index (χ0) is 35.6. The zero-order valence-electron chi connectivity index (χ0n) is 27.5. The minimum atomic E-state index is -4.24. The number of fused-ring (bicyclic) bond motifs is 2. The quantitative estimate of drug-likeness (QED) is 0.168. The number of benzene rings is 3. The summed E-state index contributed by atoms with van der Waals surface area (Å²) in [6.45, 7) is 5.65. The fraction of sp³-hybridized carbons (Fsp3) is 0.278. The molecule has 3 aromatic carbocycles. The van der Waals surface area contributed by atoms with Crippen LogP contribution in [-0.2, 0) is 44.1 Å². The Kier molecular flexibility index (Phi) is 9.86. The molecule has 260 valence electrons. The predicted molar refractivity (Wildman–Crippen MR) is 185 cm³/mol. The first kappa shape index (κ1) is 34.5. The van der Waals surface area contributed by atoms with E-state index in [1.807, 2.05) is 48.5 Å². The highest BCUT2D eigenvalue weighted by molar-refractivity contribution is 7.84. The van der Waals surface area contributed by atoms with E-state index in [9.17, 15) is 27.6 Å². The number of aromatic nitrogens is 1. The van der Waals surface area contributed by atoms with Gasteiger partial charge in [0.2, 0.25) is 17.7 Å². The van der Waals surface area contributed by atoms with Crippen LogP contribution in [-0.4, -0.2) is 88.6 Å². The number of amides is 3. The van der Waals surface area contributed by atoms with Gasteiger partial charge in [0, 0.05) is 43.1 Å². The molecule has 2 aliphatic heterocycles. The highest BCUT2D eigenvalue weighted by atomic mass is 32.2. The van der Waals surface area contributed by atoms with Crippen LogP contribution in [0.5, 0.6) is 5.75 Å². The molecule has 3 heterocycles. The maximum absolute atomic E-state index is 14.4. The fourth-order valence-electron chi connectivity index (χ4n) is 6.80. The molecule has 6 rings (SSSR count). The summed E-state index contributed by atoms with van der Waals surface area (Å²) in [6, 6.07) is 20.3. The van der Waals surface area contributed by atoms with Crippen molar-refractivity contribution in [3.05, 3.63) is 114 Å². The van der Waals surface area contributed by atoms with Crippen molar-refractivity contribution in [3.8, 4) is 5.75 Å². The van der Waals surface area contributed by atoms with Crippen molar-refractivity contribution in [2.75, 3.05) is 19.6 Å². The van der Waals surface area contributed by atoms with Gasteiger partial charge in [-0.15, -0.1) is 6.58 Å². The summed E-state index contributed by atoms with van der Waals surface area (Å²) in [7, 11) is -4.24. The van der Waals surface area contributed by atoms with E-state index in [-0.39, 0.29) is 68.3 Å². The molecule has 50 heavy (non-hydrogen) atoms. The van der Waals surface area contributed by atoms with Crippen molar-refractivity contribution in [2.45, 2.75) is 44.9 Å². The molecular weight excluding hydrogens is 660 g/mol. The van der Waals surface area contributed by atoms with Gasteiger partial charge in [0.25, 0.3) is 0 Å². The third kappa shape index (κ3) is 7.32.